The third-order valence-electron chi connectivity index (χ3n) is 4.26. The van der Waals surface area contributed by atoms with Crippen LogP contribution < -0.4 is 10.0 Å². The van der Waals surface area contributed by atoms with Crippen molar-refractivity contribution in [1.29, 1.82) is 0 Å². The quantitative estimate of drug-likeness (QED) is 0.614. The molecule has 7 nitrogen and oxygen atoms in total. The van der Waals surface area contributed by atoms with Gasteiger partial charge in [-0.1, -0.05) is 18.2 Å². The molecule has 3 aromatic rings. The Labute approximate surface area is 158 Å². The van der Waals surface area contributed by atoms with Gasteiger partial charge in [-0.25, -0.2) is 18.1 Å². The number of aryl methyl sites for hydroxylation is 1. The maximum Gasteiger partial charge on any atom is 0.240 e. The number of hydrogen-bond donors (Lipinski definition) is 2. The second kappa shape index (κ2) is 8.32. The van der Waals surface area contributed by atoms with Gasteiger partial charge in [-0.15, -0.1) is 0 Å². The molecular formula is C19H22N4O3S. The minimum Gasteiger partial charge on any atom is -0.356 e. The maximum atomic E-state index is 12.0. The number of nitrogens with one attached hydrogen (secondary N) is 2. The number of amides is 1. The zero-order chi connectivity index (χ0) is 19.3. The molecule has 2 heterocycles. The highest BCUT2D eigenvalue weighted by Crippen LogP contribution is 2.11. The van der Waals surface area contributed by atoms with E-state index in [1.54, 1.807) is 24.3 Å². The summed E-state index contributed by atoms with van der Waals surface area (Å²) in [6, 6.07) is 12.4. The van der Waals surface area contributed by atoms with E-state index in [1.807, 2.05) is 35.0 Å². The van der Waals surface area contributed by atoms with Crippen LogP contribution in [0.4, 0.5) is 0 Å². The van der Waals surface area contributed by atoms with Crippen LogP contribution in [0.2, 0.25) is 0 Å². The summed E-state index contributed by atoms with van der Waals surface area (Å²) >= 11 is 0. The minimum absolute atomic E-state index is 0.0364. The van der Waals surface area contributed by atoms with E-state index in [4.69, 9.17) is 0 Å². The molecule has 1 aromatic carbocycles. The lowest BCUT2D eigenvalue weighted by Crippen LogP contribution is -2.26. The van der Waals surface area contributed by atoms with Crippen molar-refractivity contribution in [2.24, 2.45) is 0 Å². The van der Waals surface area contributed by atoms with Crippen molar-refractivity contribution in [3.05, 3.63) is 66.1 Å². The van der Waals surface area contributed by atoms with E-state index in [1.165, 1.54) is 7.05 Å². The summed E-state index contributed by atoms with van der Waals surface area (Å²) in [6.07, 6.45) is 5.48. The number of sulfonamides is 1. The zero-order valence-electron chi connectivity index (χ0n) is 15.1. The van der Waals surface area contributed by atoms with Crippen LogP contribution in [-0.4, -0.2) is 37.3 Å². The molecular weight excluding hydrogens is 364 g/mol. The fourth-order valence-electron chi connectivity index (χ4n) is 2.74. The molecule has 0 unspecified atom stereocenters. The first-order chi connectivity index (χ1) is 13.0. The topological polar surface area (TPSA) is 92.6 Å². The summed E-state index contributed by atoms with van der Waals surface area (Å²) in [5.41, 5.74) is 2.74. The van der Waals surface area contributed by atoms with Crippen molar-refractivity contribution in [3.63, 3.8) is 0 Å². The first-order valence-electron chi connectivity index (χ1n) is 8.70. The number of aromatic nitrogens is 2. The number of carbonyl (C=O) groups excluding carboxylic acids is 1. The lowest BCUT2D eigenvalue weighted by Gasteiger charge is -2.06. The second-order valence-corrected chi connectivity index (χ2v) is 8.04. The molecule has 0 saturated heterocycles. The van der Waals surface area contributed by atoms with Crippen molar-refractivity contribution >= 4 is 21.6 Å². The van der Waals surface area contributed by atoms with Crippen LogP contribution >= 0.6 is 0 Å². The van der Waals surface area contributed by atoms with E-state index < -0.39 is 10.0 Å². The number of carbonyl (C=O) groups is 1. The number of nitrogens with zero attached hydrogens (tertiary/aromatic N) is 2. The second-order valence-electron chi connectivity index (χ2n) is 6.15. The molecule has 0 spiro atoms. The predicted molar refractivity (Wildman–Crippen MR) is 103 cm³/mol. The van der Waals surface area contributed by atoms with Crippen molar-refractivity contribution in [2.75, 3.05) is 13.6 Å². The van der Waals surface area contributed by atoms with E-state index in [2.05, 4.69) is 15.0 Å². The molecule has 0 aliphatic rings. The van der Waals surface area contributed by atoms with Gasteiger partial charge in [0.2, 0.25) is 15.9 Å². The van der Waals surface area contributed by atoms with Crippen molar-refractivity contribution < 1.29 is 13.2 Å². The zero-order valence-corrected chi connectivity index (χ0v) is 15.9. The SMILES string of the molecule is CNS(=O)(=O)c1ccc(CCC(=O)NCCc2cn3ccccc3n2)cc1. The minimum atomic E-state index is -3.43. The summed E-state index contributed by atoms with van der Waals surface area (Å²) in [6.45, 7) is 0.530. The number of hydrogen-bond acceptors (Lipinski definition) is 4. The lowest BCUT2D eigenvalue weighted by atomic mass is 10.1. The molecule has 0 aliphatic carbocycles. The van der Waals surface area contributed by atoms with Gasteiger partial charge in [-0.3, -0.25) is 4.79 Å². The molecule has 0 atom stereocenters. The van der Waals surface area contributed by atoms with Gasteiger partial charge < -0.3 is 9.72 Å². The molecule has 27 heavy (non-hydrogen) atoms. The van der Waals surface area contributed by atoms with Gasteiger partial charge >= 0.3 is 0 Å². The predicted octanol–water partition coefficient (Wildman–Crippen LogP) is 1.53. The number of pyridine rings is 1. The molecule has 0 fully saturated rings. The Morgan fingerprint density at radius 1 is 1.11 bits per heavy atom. The van der Waals surface area contributed by atoms with Gasteiger partial charge in [0.15, 0.2) is 0 Å². The first-order valence-corrected chi connectivity index (χ1v) is 10.2. The summed E-state index contributed by atoms with van der Waals surface area (Å²) in [7, 11) is -2.06. The summed E-state index contributed by atoms with van der Waals surface area (Å²) < 4.78 is 27.6. The number of fused-ring (bicyclic) bond motifs is 1. The number of rotatable bonds is 8. The molecule has 2 aromatic heterocycles. The molecule has 1 amide bonds. The largest absolute Gasteiger partial charge is 0.356 e. The molecule has 0 aliphatic heterocycles. The summed E-state index contributed by atoms with van der Waals surface area (Å²) in [4.78, 5) is 16.7. The average Bonchev–Trinajstić information content (AvgIpc) is 3.09. The van der Waals surface area contributed by atoms with Crippen molar-refractivity contribution in [2.45, 2.75) is 24.2 Å². The van der Waals surface area contributed by atoms with E-state index in [9.17, 15) is 13.2 Å². The third kappa shape index (κ3) is 4.93. The van der Waals surface area contributed by atoms with Crippen LogP contribution in [0.3, 0.4) is 0 Å². The highest BCUT2D eigenvalue weighted by atomic mass is 32.2. The Balaban J connectivity index is 1.44. The monoisotopic (exact) mass is 386 g/mol. The Morgan fingerprint density at radius 3 is 2.59 bits per heavy atom. The highest BCUT2D eigenvalue weighted by Gasteiger charge is 2.11. The van der Waals surface area contributed by atoms with E-state index in [-0.39, 0.29) is 10.8 Å². The summed E-state index contributed by atoms with van der Waals surface area (Å²) in [5.74, 6) is -0.0364. The smallest absolute Gasteiger partial charge is 0.240 e. The van der Waals surface area contributed by atoms with Gasteiger partial charge in [0, 0.05) is 31.8 Å². The average molecular weight is 386 g/mol. The fraction of sp³-hybridized carbons (Fsp3) is 0.263. The molecule has 2 N–H and O–H groups in total. The van der Waals surface area contributed by atoms with Gasteiger partial charge in [0.1, 0.15) is 5.65 Å². The molecule has 3 rings (SSSR count). The molecule has 0 saturated carbocycles. The fourth-order valence-corrected chi connectivity index (χ4v) is 3.47. The van der Waals surface area contributed by atoms with Gasteiger partial charge in [-0.2, -0.15) is 0 Å². The highest BCUT2D eigenvalue weighted by molar-refractivity contribution is 7.89. The normalized spacial score (nSPS) is 11.6. The third-order valence-corrected chi connectivity index (χ3v) is 5.69. The van der Waals surface area contributed by atoms with E-state index in [0.29, 0.717) is 25.8 Å². The van der Waals surface area contributed by atoms with Crippen LogP contribution in [0.25, 0.3) is 5.65 Å². The molecule has 8 heteroatoms. The Morgan fingerprint density at radius 2 is 1.89 bits per heavy atom. The van der Waals surface area contributed by atoms with E-state index in [0.717, 1.165) is 16.9 Å². The Kier molecular flexibility index (Phi) is 5.88. The van der Waals surface area contributed by atoms with Crippen LogP contribution in [0.5, 0.6) is 0 Å². The van der Waals surface area contributed by atoms with Crippen molar-refractivity contribution in [3.8, 4) is 0 Å². The Hall–Kier alpha value is -2.71. The summed E-state index contributed by atoms with van der Waals surface area (Å²) in [5, 5.41) is 2.90. The van der Waals surface area contributed by atoms with Crippen LogP contribution in [0, 0.1) is 0 Å². The number of benzene rings is 1. The van der Waals surface area contributed by atoms with Crippen LogP contribution in [-0.2, 0) is 27.7 Å². The molecule has 0 bridgehead atoms. The van der Waals surface area contributed by atoms with Crippen molar-refractivity contribution in [1.82, 2.24) is 19.4 Å². The molecule has 0 radical (unpaired) electrons. The Bertz CT molecular complexity index is 994. The van der Waals surface area contributed by atoms with Crippen LogP contribution in [0.1, 0.15) is 17.7 Å². The maximum absolute atomic E-state index is 12.0. The first kappa shape index (κ1) is 19.1. The lowest BCUT2D eigenvalue weighted by molar-refractivity contribution is -0.121. The van der Waals surface area contributed by atoms with Gasteiger partial charge in [-0.05, 0) is 43.3 Å². The standard InChI is InChI=1S/C19H22N4O3S/c1-20-27(25,26)17-8-5-15(6-9-17)7-10-19(24)21-12-11-16-14-23-13-3-2-4-18(23)22-16/h2-6,8-9,13-14,20H,7,10-12H2,1H3,(H,21,24). The van der Waals surface area contributed by atoms with Gasteiger partial charge in [0.05, 0.1) is 10.6 Å². The number of imidazole rings is 1. The van der Waals surface area contributed by atoms with Gasteiger partial charge in [0.25, 0.3) is 0 Å². The van der Waals surface area contributed by atoms with Crippen LogP contribution in [0.15, 0.2) is 59.8 Å². The molecule has 142 valence electrons. The van der Waals surface area contributed by atoms with E-state index >= 15 is 0 Å².